The minimum Gasteiger partial charge on any atom is -0.387 e. The molecule has 19 heteroatoms. The van der Waals surface area contributed by atoms with Gasteiger partial charge in [-0.2, -0.15) is 0 Å². The Balaban J connectivity index is 1.40. The van der Waals surface area contributed by atoms with Crippen molar-refractivity contribution in [3.05, 3.63) is 182 Å². The van der Waals surface area contributed by atoms with Crippen molar-refractivity contribution in [1.82, 2.24) is 0 Å². The number of benzene rings is 6. The molecule has 3 saturated heterocycles. The van der Waals surface area contributed by atoms with E-state index in [-0.39, 0.29) is 15.6 Å². The van der Waals surface area contributed by atoms with E-state index < -0.39 is 62.4 Å². The van der Waals surface area contributed by atoms with Crippen LogP contribution in [0.25, 0.3) is 0 Å². The lowest BCUT2D eigenvalue weighted by Crippen LogP contribution is -2.88. The molecule has 0 amide bonds. The lowest BCUT2D eigenvalue weighted by molar-refractivity contribution is 0.0416. The number of hydrogen-bond acceptors (Lipinski definition) is 12. The van der Waals surface area contributed by atoms with E-state index in [1.165, 1.54) is 0 Å². The fraction of sp³-hybridized carbons (Fsp3) is 0. The highest BCUT2D eigenvalue weighted by atomic mass is 28.6. The summed E-state index contributed by atoms with van der Waals surface area (Å²) in [5, 5.41) is 1.98. The van der Waals surface area contributed by atoms with Crippen LogP contribution in [-0.2, 0) is 37.0 Å². The number of hydrogen-bond donors (Lipinski definition) is 3. The highest BCUT2D eigenvalue weighted by Gasteiger charge is 2.76. The van der Waals surface area contributed by atoms with Gasteiger partial charge in [-0.15, -0.1) is 0 Å². The summed E-state index contributed by atoms with van der Waals surface area (Å²) >= 11 is 0. The van der Waals surface area contributed by atoms with Crippen molar-refractivity contribution in [3.63, 3.8) is 0 Å². The van der Waals surface area contributed by atoms with Gasteiger partial charge < -0.3 is 51.4 Å². The van der Waals surface area contributed by atoms with Crippen molar-refractivity contribution >= 4 is 93.5 Å². The van der Waals surface area contributed by atoms with Gasteiger partial charge in [0.05, 0.1) is 0 Å². The first kappa shape index (κ1) is 37.0. The molecular weight excluding hydrogens is 821 g/mol. The predicted octanol–water partition coefficient (Wildman–Crippen LogP) is -0.0527. The first-order valence-electron chi connectivity index (χ1n) is 17.4. The lowest BCUT2D eigenvalue weighted by atomic mass is 10.4. The van der Waals surface area contributed by atoms with Crippen LogP contribution in [0.4, 0.5) is 0 Å². The minimum absolute atomic E-state index is 0.253. The molecule has 6 aromatic rings. The minimum atomic E-state index is -4.96. The van der Waals surface area contributed by atoms with Crippen molar-refractivity contribution in [2.45, 2.75) is 0 Å². The van der Waals surface area contributed by atoms with Gasteiger partial charge in [0.2, 0.25) is 0 Å². The summed E-state index contributed by atoms with van der Waals surface area (Å²) < 4.78 is 63.5. The van der Waals surface area contributed by atoms with E-state index >= 15 is 0 Å². The van der Waals surface area contributed by atoms with E-state index in [1.54, 1.807) is 164 Å². The molecule has 7 atom stereocenters. The first-order chi connectivity index (χ1) is 26.7. The average molecular weight is 855 g/mol. The van der Waals surface area contributed by atoms with Crippen LogP contribution < -0.4 is 31.1 Å². The van der Waals surface area contributed by atoms with E-state index in [4.69, 9.17) is 37.0 Å². The third kappa shape index (κ3) is 6.82. The van der Waals surface area contributed by atoms with Crippen LogP contribution in [0.15, 0.2) is 182 Å². The maximum absolute atomic E-state index is 13.3. The number of fused-ring (bicyclic) bond motifs is 3. The molecule has 4 bridgehead atoms. The second kappa shape index (κ2) is 14.4. The summed E-state index contributed by atoms with van der Waals surface area (Å²) in [6.07, 6.45) is 0. The molecule has 12 nitrogen and oxygen atoms in total. The Morgan fingerprint density at radius 1 is 0.273 bits per heavy atom. The molecule has 3 aliphatic heterocycles. The van der Waals surface area contributed by atoms with E-state index in [1.807, 2.05) is 18.2 Å². The molecule has 0 radical (unpaired) electrons. The largest absolute Gasteiger partial charge is 0.520 e. The molecule has 3 fully saturated rings. The van der Waals surface area contributed by atoms with E-state index in [9.17, 15) is 14.4 Å². The van der Waals surface area contributed by atoms with Gasteiger partial charge in [-0.05, 0) is 0 Å². The number of rotatable bonds is 6. The second-order valence-corrected chi connectivity index (χ2v) is 31.5. The maximum Gasteiger partial charge on any atom is 0.520 e. The van der Waals surface area contributed by atoms with Gasteiger partial charge in [-0.1, -0.05) is 182 Å². The molecule has 0 spiro atoms. The average Bonchev–Trinajstić information content (AvgIpc) is 3.21. The Kier molecular flexibility index (Phi) is 9.67. The second-order valence-electron chi connectivity index (χ2n) is 12.9. The van der Waals surface area contributed by atoms with E-state index in [0.29, 0.717) is 15.6 Å². The van der Waals surface area contributed by atoms with Crippen LogP contribution >= 0.6 is 0 Å². The maximum atomic E-state index is 13.3. The molecule has 3 aliphatic rings. The molecular formula is C36H34O12Si7. The quantitative estimate of drug-likeness (QED) is 0.194. The van der Waals surface area contributed by atoms with Gasteiger partial charge in [0.25, 0.3) is 0 Å². The molecule has 55 heavy (non-hydrogen) atoms. The third-order valence-electron chi connectivity index (χ3n) is 9.19. The summed E-state index contributed by atoms with van der Waals surface area (Å²) in [5.41, 5.74) is 0. The van der Waals surface area contributed by atoms with Crippen LogP contribution in [0.2, 0.25) is 0 Å². The van der Waals surface area contributed by atoms with Gasteiger partial charge in [0, 0.05) is 31.1 Å². The highest BCUT2D eigenvalue weighted by molar-refractivity contribution is 7.06. The van der Waals surface area contributed by atoms with Crippen molar-refractivity contribution in [2.24, 2.45) is 0 Å². The zero-order chi connectivity index (χ0) is 37.6. The fourth-order valence-corrected chi connectivity index (χ4v) is 38.0. The van der Waals surface area contributed by atoms with Crippen LogP contribution in [-0.4, -0.2) is 76.7 Å². The SMILES string of the molecule is O[Si]1(c2ccccc2)O[Si@@H]2O[Si]3(c4ccccc4)O[Si](c4ccccc4)(O1)O[Si](O)(c1ccccc1)O[Si](c1ccccc1)(O3)O[Si@](O)(c1ccccc1)O2. The molecule has 6 aromatic carbocycles. The van der Waals surface area contributed by atoms with Gasteiger partial charge >= 0.3 is 62.4 Å². The normalized spacial score (nSPS) is 33.3. The molecule has 5 unspecified atom stereocenters. The molecule has 0 saturated carbocycles. The topological polar surface area (TPSA) is 144 Å². The zero-order valence-corrected chi connectivity index (χ0v) is 36.1. The Labute approximate surface area is 325 Å². The predicted molar refractivity (Wildman–Crippen MR) is 215 cm³/mol. The van der Waals surface area contributed by atoms with Crippen molar-refractivity contribution < 1.29 is 51.4 Å². The van der Waals surface area contributed by atoms with Crippen LogP contribution in [0, 0.1) is 0 Å². The van der Waals surface area contributed by atoms with Crippen molar-refractivity contribution in [1.29, 1.82) is 0 Å². The molecule has 278 valence electrons. The standard InChI is InChI=1S/C36H34O12Si7/c37-50(31-19-7-1-8-20-31)40-49-41-51(38,32-21-9-2-10-22-32)44-55(36-29-17-6-18-30-36)46-52(39,33-23-11-3-12-24-33)45-54(43-50,35-27-15-5-16-28-35)47-53(42-49,48-55)34-25-13-4-14-26-34/h1-30,37-39,49H/t49-,50+,51?,52?,53?,54?,55?/m1/s1. The monoisotopic (exact) mass is 854 g/mol. The van der Waals surface area contributed by atoms with Gasteiger partial charge in [-0.25, -0.2) is 0 Å². The molecule has 3 N–H and O–H groups in total. The van der Waals surface area contributed by atoms with Gasteiger partial charge in [-0.3, -0.25) is 0 Å². The lowest BCUT2D eigenvalue weighted by Gasteiger charge is -2.54. The van der Waals surface area contributed by atoms with E-state index in [2.05, 4.69) is 0 Å². The van der Waals surface area contributed by atoms with Gasteiger partial charge in [0.15, 0.2) is 0 Å². The Hall–Kier alpha value is -3.64. The summed E-state index contributed by atoms with van der Waals surface area (Å²) in [7, 11) is -32.5. The first-order valence-corrected chi connectivity index (χ1v) is 29.3. The summed E-state index contributed by atoms with van der Waals surface area (Å²) in [6.45, 7) is 0. The van der Waals surface area contributed by atoms with E-state index in [0.717, 1.165) is 0 Å². The Morgan fingerprint density at radius 3 is 0.855 bits per heavy atom. The van der Waals surface area contributed by atoms with Crippen LogP contribution in [0.5, 0.6) is 0 Å². The van der Waals surface area contributed by atoms with Gasteiger partial charge in [0.1, 0.15) is 0 Å². The summed E-state index contributed by atoms with van der Waals surface area (Å²) in [5.74, 6) is 0. The molecule has 0 aliphatic carbocycles. The van der Waals surface area contributed by atoms with Crippen LogP contribution in [0.1, 0.15) is 0 Å². The fourth-order valence-electron chi connectivity index (χ4n) is 6.59. The zero-order valence-electron chi connectivity index (χ0n) is 28.9. The molecule has 9 rings (SSSR count). The molecule has 3 heterocycles. The van der Waals surface area contributed by atoms with Crippen molar-refractivity contribution in [3.8, 4) is 0 Å². The summed E-state index contributed by atoms with van der Waals surface area (Å²) in [4.78, 5) is 39.2. The summed E-state index contributed by atoms with van der Waals surface area (Å²) in [6, 6.07) is 52.3. The highest BCUT2D eigenvalue weighted by Crippen LogP contribution is 2.38. The third-order valence-corrected chi connectivity index (χ3v) is 34.6. The van der Waals surface area contributed by atoms with Crippen LogP contribution in [0.3, 0.4) is 0 Å². The smallest absolute Gasteiger partial charge is 0.387 e. The molecule has 0 aromatic heterocycles. The Morgan fingerprint density at radius 2 is 0.527 bits per heavy atom. The van der Waals surface area contributed by atoms with Crippen molar-refractivity contribution in [2.75, 3.05) is 0 Å². The Bertz CT molecular complexity index is 2130.